The standard InChI is InChI=1S/C19H25N3O3/c1-12-7-8-15-14(10-12)17(18(20-15)19(24)25-3)21-16(23)11-22-9-5-4-6-13(22)2/h7-8,10,13,20H,4-6,9,11H2,1-3H3,(H,21,23)/p+1/t13-/m0/s1. The topological polar surface area (TPSA) is 75.6 Å². The monoisotopic (exact) mass is 344 g/mol. The van der Waals surface area contributed by atoms with Crippen molar-refractivity contribution in [2.45, 2.75) is 39.2 Å². The van der Waals surface area contributed by atoms with Gasteiger partial charge in [0.25, 0.3) is 5.91 Å². The second-order valence-corrected chi connectivity index (χ2v) is 6.95. The highest BCUT2D eigenvalue weighted by Gasteiger charge is 2.26. The summed E-state index contributed by atoms with van der Waals surface area (Å²) in [6.45, 7) is 5.61. The van der Waals surface area contributed by atoms with Gasteiger partial charge in [0.15, 0.2) is 6.54 Å². The van der Waals surface area contributed by atoms with Crippen LogP contribution in [0, 0.1) is 6.92 Å². The van der Waals surface area contributed by atoms with Crippen molar-refractivity contribution in [3.8, 4) is 0 Å². The van der Waals surface area contributed by atoms with Crippen LogP contribution < -0.4 is 10.2 Å². The summed E-state index contributed by atoms with van der Waals surface area (Å²) in [5, 5.41) is 3.78. The van der Waals surface area contributed by atoms with Gasteiger partial charge in [0.1, 0.15) is 5.69 Å². The Morgan fingerprint density at radius 2 is 2.16 bits per heavy atom. The van der Waals surface area contributed by atoms with Crippen molar-refractivity contribution in [1.82, 2.24) is 4.98 Å². The second kappa shape index (κ2) is 7.27. The van der Waals surface area contributed by atoms with Crippen molar-refractivity contribution in [2.24, 2.45) is 0 Å². The first-order chi connectivity index (χ1) is 12.0. The Hall–Kier alpha value is -2.34. The number of benzene rings is 1. The first kappa shape index (κ1) is 17.5. The van der Waals surface area contributed by atoms with E-state index in [2.05, 4.69) is 17.2 Å². The number of fused-ring (bicyclic) bond motifs is 1. The molecule has 1 unspecified atom stereocenters. The molecule has 1 fully saturated rings. The van der Waals surface area contributed by atoms with Crippen molar-refractivity contribution >= 4 is 28.5 Å². The molecule has 1 aliphatic heterocycles. The van der Waals surface area contributed by atoms with Gasteiger partial charge in [-0.3, -0.25) is 4.79 Å². The average Bonchev–Trinajstić information content (AvgIpc) is 2.94. The molecule has 6 heteroatoms. The molecule has 2 heterocycles. The van der Waals surface area contributed by atoms with Crippen LogP contribution in [0.5, 0.6) is 0 Å². The minimum absolute atomic E-state index is 0.0729. The van der Waals surface area contributed by atoms with E-state index in [0.29, 0.717) is 18.3 Å². The van der Waals surface area contributed by atoms with Crippen LogP contribution in [0.3, 0.4) is 0 Å². The van der Waals surface area contributed by atoms with Gasteiger partial charge in [0, 0.05) is 10.9 Å². The molecule has 2 atom stereocenters. The largest absolute Gasteiger partial charge is 0.464 e. The van der Waals surface area contributed by atoms with E-state index in [1.807, 2.05) is 25.1 Å². The van der Waals surface area contributed by atoms with Gasteiger partial charge in [-0.2, -0.15) is 0 Å². The van der Waals surface area contributed by atoms with E-state index in [4.69, 9.17) is 4.74 Å². The van der Waals surface area contributed by atoms with Gasteiger partial charge in [-0.25, -0.2) is 4.79 Å². The number of nitrogens with one attached hydrogen (secondary N) is 3. The smallest absolute Gasteiger partial charge is 0.356 e. The number of piperidine rings is 1. The summed E-state index contributed by atoms with van der Waals surface area (Å²) in [4.78, 5) is 29.1. The molecule has 0 spiro atoms. The molecule has 2 aromatic rings. The third-order valence-electron chi connectivity index (χ3n) is 5.08. The fourth-order valence-electron chi connectivity index (χ4n) is 3.60. The van der Waals surface area contributed by atoms with Gasteiger partial charge < -0.3 is 19.9 Å². The molecule has 1 saturated heterocycles. The van der Waals surface area contributed by atoms with E-state index in [1.54, 1.807) is 0 Å². The zero-order valence-electron chi connectivity index (χ0n) is 15.1. The van der Waals surface area contributed by atoms with Crippen molar-refractivity contribution in [2.75, 3.05) is 25.5 Å². The van der Waals surface area contributed by atoms with Crippen LogP contribution >= 0.6 is 0 Å². The Kier molecular flexibility index (Phi) is 5.08. The number of hydrogen-bond acceptors (Lipinski definition) is 3. The van der Waals surface area contributed by atoms with Gasteiger partial charge >= 0.3 is 5.97 Å². The number of carbonyl (C=O) groups excluding carboxylic acids is 2. The lowest BCUT2D eigenvalue weighted by Crippen LogP contribution is -3.17. The summed E-state index contributed by atoms with van der Waals surface area (Å²) >= 11 is 0. The number of H-pyrrole nitrogens is 1. The molecule has 134 valence electrons. The predicted octanol–water partition coefficient (Wildman–Crippen LogP) is 1.66. The Morgan fingerprint density at radius 3 is 2.88 bits per heavy atom. The predicted molar refractivity (Wildman–Crippen MR) is 97.0 cm³/mol. The van der Waals surface area contributed by atoms with Gasteiger partial charge in [0.2, 0.25) is 0 Å². The van der Waals surface area contributed by atoms with Crippen LogP contribution in [-0.2, 0) is 9.53 Å². The number of methoxy groups -OCH3 is 1. The lowest BCUT2D eigenvalue weighted by Gasteiger charge is -2.29. The Bertz CT molecular complexity index is 797. The lowest BCUT2D eigenvalue weighted by molar-refractivity contribution is -0.920. The number of aromatic nitrogens is 1. The number of aromatic amines is 1. The molecule has 3 rings (SSSR count). The molecular weight excluding hydrogens is 318 g/mol. The van der Waals surface area contributed by atoms with Crippen molar-refractivity contribution in [1.29, 1.82) is 0 Å². The molecule has 1 aromatic carbocycles. The van der Waals surface area contributed by atoms with E-state index >= 15 is 0 Å². The maximum Gasteiger partial charge on any atom is 0.356 e. The molecule has 3 N–H and O–H groups in total. The lowest BCUT2D eigenvalue weighted by atomic mass is 10.0. The summed E-state index contributed by atoms with van der Waals surface area (Å²) in [6.07, 6.45) is 3.55. The molecule has 0 aliphatic carbocycles. The third-order valence-corrected chi connectivity index (χ3v) is 5.08. The number of carbonyl (C=O) groups is 2. The van der Waals surface area contributed by atoms with E-state index in [-0.39, 0.29) is 11.6 Å². The fourth-order valence-corrected chi connectivity index (χ4v) is 3.60. The van der Waals surface area contributed by atoms with Crippen LogP contribution in [0.1, 0.15) is 42.2 Å². The quantitative estimate of drug-likeness (QED) is 0.739. The van der Waals surface area contributed by atoms with E-state index < -0.39 is 5.97 Å². The van der Waals surface area contributed by atoms with Crippen LogP contribution in [0.2, 0.25) is 0 Å². The SMILES string of the molecule is COC(=O)c1[nH]c2ccc(C)cc2c1NC(=O)C[NH+]1CCCC[C@@H]1C. The number of anilines is 1. The summed E-state index contributed by atoms with van der Waals surface area (Å²) in [6, 6.07) is 6.32. The Labute approximate surface area is 147 Å². The maximum absolute atomic E-state index is 12.6. The molecule has 0 saturated carbocycles. The number of ether oxygens (including phenoxy) is 1. The highest BCUT2D eigenvalue weighted by Crippen LogP contribution is 2.29. The average molecular weight is 344 g/mol. The van der Waals surface area contributed by atoms with Crippen molar-refractivity contribution in [3.63, 3.8) is 0 Å². The summed E-state index contributed by atoms with van der Waals surface area (Å²) in [7, 11) is 1.34. The number of esters is 1. The van der Waals surface area contributed by atoms with Gasteiger partial charge in [-0.1, -0.05) is 11.6 Å². The molecular formula is C19H26N3O3+. The fraction of sp³-hybridized carbons (Fsp3) is 0.474. The number of aryl methyl sites for hydroxylation is 1. The number of rotatable bonds is 4. The van der Waals surface area contributed by atoms with Crippen LogP contribution in [0.15, 0.2) is 18.2 Å². The molecule has 1 aliphatic rings. The molecule has 1 aromatic heterocycles. The highest BCUT2D eigenvalue weighted by molar-refractivity contribution is 6.11. The van der Waals surface area contributed by atoms with Crippen molar-refractivity contribution < 1.29 is 19.2 Å². The Balaban J connectivity index is 1.87. The van der Waals surface area contributed by atoms with Gasteiger partial charge in [-0.15, -0.1) is 0 Å². The number of amides is 1. The minimum atomic E-state index is -0.483. The minimum Gasteiger partial charge on any atom is -0.464 e. The maximum atomic E-state index is 12.6. The first-order valence-corrected chi connectivity index (χ1v) is 8.84. The van der Waals surface area contributed by atoms with Gasteiger partial charge in [0.05, 0.1) is 25.4 Å². The summed E-state index contributed by atoms with van der Waals surface area (Å²) in [5.74, 6) is -0.556. The molecule has 0 bridgehead atoms. The van der Waals surface area contributed by atoms with E-state index in [0.717, 1.165) is 35.9 Å². The number of hydrogen-bond donors (Lipinski definition) is 3. The zero-order chi connectivity index (χ0) is 18.0. The number of likely N-dealkylation sites (tertiary alicyclic amines) is 1. The molecule has 6 nitrogen and oxygen atoms in total. The van der Waals surface area contributed by atoms with Crippen molar-refractivity contribution in [3.05, 3.63) is 29.5 Å². The summed E-state index contributed by atoms with van der Waals surface area (Å²) in [5.41, 5.74) is 2.67. The summed E-state index contributed by atoms with van der Waals surface area (Å²) < 4.78 is 4.86. The molecule has 0 radical (unpaired) electrons. The second-order valence-electron chi connectivity index (χ2n) is 6.95. The van der Waals surface area contributed by atoms with Gasteiger partial charge in [-0.05, 0) is 45.2 Å². The van der Waals surface area contributed by atoms with E-state index in [9.17, 15) is 9.59 Å². The first-order valence-electron chi connectivity index (χ1n) is 8.84. The number of quaternary nitrogens is 1. The van der Waals surface area contributed by atoms with Crippen LogP contribution in [0.25, 0.3) is 10.9 Å². The van der Waals surface area contributed by atoms with Crippen LogP contribution in [0.4, 0.5) is 5.69 Å². The van der Waals surface area contributed by atoms with Crippen LogP contribution in [-0.4, -0.2) is 43.1 Å². The molecule has 1 amide bonds. The zero-order valence-corrected chi connectivity index (χ0v) is 15.1. The normalized spacial score (nSPS) is 20.4. The highest BCUT2D eigenvalue weighted by atomic mass is 16.5. The molecule has 25 heavy (non-hydrogen) atoms. The Morgan fingerprint density at radius 1 is 1.36 bits per heavy atom. The third kappa shape index (κ3) is 3.69. The van der Waals surface area contributed by atoms with E-state index in [1.165, 1.54) is 18.4 Å².